The van der Waals surface area contributed by atoms with Crippen LogP contribution in [0, 0.1) is 0 Å². The highest BCUT2D eigenvalue weighted by molar-refractivity contribution is 7.11. The molecule has 0 unspecified atom stereocenters. The summed E-state index contributed by atoms with van der Waals surface area (Å²) in [6.45, 7) is 2.02. The van der Waals surface area contributed by atoms with Gasteiger partial charge in [0.15, 0.2) is 0 Å². The zero-order valence-corrected chi connectivity index (χ0v) is 11.4. The molecule has 0 spiro atoms. The van der Waals surface area contributed by atoms with Crippen molar-refractivity contribution in [3.05, 3.63) is 43.0 Å². The Morgan fingerprint density at radius 1 is 1.21 bits per heavy atom. The highest BCUT2D eigenvalue weighted by atomic mass is 32.1. The van der Waals surface area contributed by atoms with Crippen LogP contribution in [0.25, 0.3) is 10.9 Å². The van der Waals surface area contributed by atoms with Crippen LogP contribution in [0.5, 0.6) is 0 Å². The zero-order valence-electron chi connectivity index (χ0n) is 10.6. The summed E-state index contributed by atoms with van der Waals surface area (Å²) in [6, 6.07) is 8.25. The molecule has 0 aliphatic carbocycles. The van der Waals surface area contributed by atoms with E-state index in [-0.39, 0.29) is 0 Å². The molecule has 0 radical (unpaired) electrons. The number of anilines is 1. The number of unbranched alkanes of at least 4 members (excludes halogenated alkanes) is 1. The van der Waals surface area contributed by atoms with Crippen LogP contribution < -0.4 is 5.32 Å². The average molecular weight is 272 g/mol. The van der Waals surface area contributed by atoms with Gasteiger partial charge in [0.2, 0.25) is 0 Å². The molecule has 0 saturated heterocycles. The van der Waals surface area contributed by atoms with E-state index in [9.17, 15) is 0 Å². The van der Waals surface area contributed by atoms with Gasteiger partial charge in [-0.25, -0.2) is 4.98 Å². The molecule has 1 N–H and O–H groups in total. The predicted molar refractivity (Wildman–Crippen MR) is 79.6 cm³/mol. The largest absolute Gasteiger partial charge is 0.375 e. The van der Waals surface area contributed by atoms with Gasteiger partial charge in [-0.3, -0.25) is 0 Å². The van der Waals surface area contributed by atoms with Gasteiger partial charge in [0, 0.05) is 30.9 Å². The van der Waals surface area contributed by atoms with Gasteiger partial charge in [-0.1, -0.05) is 12.1 Å². The molecule has 1 aromatic carbocycles. The number of nitrogens with zero attached hydrogens (tertiary/aromatic N) is 3. The number of aryl methyl sites for hydroxylation is 1. The van der Waals surface area contributed by atoms with Gasteiger partial charge in [-0.15, -0.1) is 0 Å². The standard InChI is InChI=1S/C14H16N4S/c1-2-6-13-12(5-1)14(19-17-13)16-7-3-4-9-18-10-8-15-11-18/h1-2,5-6,8,10-11,16H,3-4,7,9H2. The number of hydrogen-bond donors (Lipinski definition) is 1. The molecule has 0 bridgehead atoms. The van der Waals surface area contributed by atoms with Crippen LogP contribution >= 0.6 is 11.5 Å². The minimum atomic E-state index is 0.987. The van der Waals surface area contributed by atoms with Crippen molar-refractivity contribution in [2.24, 2.45) is 0 Å². The summed E-state index contributed by atoms with van der Waals surface area (Å²) in [6.07, 6.45) is 7.99. The predicted octanol–water partition coefficient (Wildman–Crippen LogP) is 3.39. The van der Waals surface area contributed by atoms with Gasteiger partial charge in [0.25, 0.3) is 0 Å². The van der Waals surface area contributed by atoms with E-state index < -0.39 is 0 Å². The van der Waals surface area contributed by atoms with Gasteiger partial charge in [-0.05, 0) is 36.5 Å². The molecule has 2 aromatic heterocycles. The van der Waals surface area contributed by atoms with Crippen molar-refractivity contribution < 1.29 is 0 Å². The molecule has 0 aliphatic heterocycles. The molecule has 0 amide bonds. The fraction of sp³-hybridized carbons (Fsp3) is 0.286. The topological polar surface area (TPSA) is 42.7 Å². The van der Waals surface area contributed by atoms with Crippen molar-refractivity contribution in [2.45, 2.75) is 19.4 Å². The molecule has 0 aliphatic rings. The summed E-state index contributed by atoms with van der Waals surface area (Å²) in [5, 5.41) is 5.88. The lowest BCUT2D eigenvalue weighted by Gasteiger charge is -2.04. The first-order valence-corrected chi connectivity index (χ1v) is 7.25. The SMILES string of the molecule is c1ccc2c(NCCCCn3ccnc3)snc2c1. The summed E-state index contributed by atoms with van der Waals surface area (Å²) >= 11 is 1.54. The van der Waals surface area contributed by atoms with E-state index in [1.807, 2.05) is 24.8 Å². The van der Waals surface area contributed by atoms with Gasteiger partial charge < -0.3 is 9.88 Å². The lowest BCUT2D eigenvalue weighted by molar-refractivity contribution is 0.621. The third-order valence-electron chi connectivity index (χ3n) is 3.07. The molecule has 4 nitrogen and oxygen atoms in total. The molecule has 5 heteroatoms. The fourth-order valence-electron chi connectivity index (χ4n) is 2.06. The Morgan fingerprint density at radius 2 is 2.16 bits per heavy atom. The lowest BCUT2D eigenvalue weighted by atomic mass is 10.2. The summed E-state index contributed by atoms with van der Waals surface area (Å²) in [5.41, 5.74) is 1.08. The fourth-order valence-corrected chi connectivity index (χ4v) is 2.84. The first-order chi connectivity index (χ1) is 9.43. The number of nitrogens with one attached hydrogen (secondary N) is 1. The molecule has 3 rings (SSSR count). The van der Waals surface area contributed by atoms with Crippen LogP contribution in [0.1, 0.15) is 12.8 Å². The van der Waals surface area contributed by atoms with E-state index in [2.05, 4.69) is 37.4 Å². The van der Waals surface area contributed by atoms with Crippen molar-refractivity contribution in [1.82, 2.24) is 13.9 Å². The Bertz CT molecular complexity index is 630. The molecular formula is C14H16N4S. The Hall–Kier alpha value is -1.88. The number of rotatable bonds is 6. The van der Waals surface area contributed by atoms with Gasteiger partial charge in [-0.2, -0.15) is 4.37 Å². The van der Waals surface area contributed by atoms with E-state index in [0.29, 0.717) is 0 Å². The Kier molecular flexibility index (Phi) is 3.74. The van der Waals surface area contributed by atoms with Crippen LogP contribution in [0.15, 0.2) is 43.0 Å². The number of aromatic nitrogens is 3. The summed E-state index contributed by atoms with van der Waals surface area (Å²) < 4.78 is 6.54. The van der Waals surface area contributed by atoms with Crippen LogP contribution in [0.2, 0.25) is 0 Å². The second-order valence-corrected chi connectivity index (χ2v) is 5.24. The van der Waals surface area contributed by atoms with E-state index >= 15 is 0 Å². The molecule has 0 saturated carbocycles. The second kappa shape index (κ2) is 5.84. The van der Waals surface area contributed by atoms with Gasteiger partial charge >= 0.3 is 0 Å². The normalized spacial score (nSPS) is 10.9. The maximum absolute atomic E-state index is 4.42. The van der Waals surface area contributed by atoms with E-state index in [0.717, 1.165) is 31.4 Å². The van der Waals surface area contributed by atoms with E-state index in [4.69, 9.17) is 0 Å². The minimum Gasteiger partial charge on any atom is -0.375 e. The highest BCUT2D eigenvalue weighted by Gasteiger charge is 2.03. The average Bonchev–Trinajstić information content (AvgIpc) is 3.08. The molecule has 3 aromatic rings. The second-order valence-electron chi connectivity index (χ2n) is 4.46. The number of fused-ring (bicyclic) bond motifs is 1. The van der Waals surface area contributed by atoms with Crippen LogP contribution in [0.4, 0.5) is 5.00 Å². The zero-order chi connectivity index (χ0) is 12.9. The summed E-state index contributed by atoms with van der Waals surface area (Å²) in [4.78, 5) is 4.04. The van der Waals surface area contributed by atoms with E-state index in [1.165, 1.54) is 10.4 Å². The first kappa shape index (κ1) is 12.2. The summed E-state index contributed by atoms with van der Waals surface area (Å²) in [5.74, 6) is 0. The van der Waals surface area contributed by atoms with Crippen molar-refractivity contribution in [3.63, 3.8) is 0 Å². The third-order valence-corrected chi connectivity index (χ3v) is 3.91. The Morgan fingerprint density at radius 3 is 3.05 bits per heavy atom. The molecule has 2 heterocycles. The van der Waals surface area contributed by atoms with Crippen molar-refractivity contribution in [2.75, 3.05) is 11.9 Å². The third kappa shape index (κ3) is 2.93. The molecular weight excluding hydrogens is 256 g/mol. The quantitative estimate of drug-likeness (QED) is 0.699. The molecule has 0 fully saturated rings. The first-order valence-electron chi connectivity index (χ1n) is 6.47. The van der Waals surface area contributed by atoms with Crippen LogP contribution in [-0.2, 0) is 6.54 Å². The number of imidazole rings is 1. The molecule has 0 atom stereocenters. The maximum atomic E-state index is 4.42. The molecule has 98 valence electrons. The monoisotopic (exact) mass is 272 g/mol. The lowest BCUT2D eigenvalue weighted by Crippen LogP contribution is -2.02. The number of benzene rings is 1. The van der Waals surface area contributed by atoms with Crippen molar-refractivity contribution in [3.8, 4) is 0 Å². The summed E-state index contributed by atoms with van der Waals surface area (Å²) in [7, 11) is 0. The van der Waals surface area contributed by atoms with Gasteiger partial charge in [0.1, 0.15) is 5.00 Å². The van der Waals surface area contributed by atoms with Crippen molar-refractivity contribution in [1.29, 1.82) is 0 Å². The van der Waals surface area contributed by atoms with Crippen LogP contribution in [-0.4, -0.2) is 20.5 Å². The van der Waals surface area contributed by atoms with Crippen molar-refractivity contribution >= 4 is 27.4 Å². The van der Waals surface area contributed by atoms with Crippen LogP contribution in [0.3, 0.4) is 0 Å². The maximum Gasteiger partial charge on any atom is 0.117 e. The number of hydrogen-bond acceptors (Lipinski definition) is 4. The van der Waals surface area contributed by atoms with E-state index in [1.54, 1.807) is 11.5 Å². The molecule has 19 heavy (non-hydrogen) atoms. The Balaban J connectivity index is 1.47. The smallest absolute Gasteiger partial charge is 0.117 e. The minimum absolute atomic E-state index is 0.987. The van der Waals surface area contributed by atoms with Gasteiger partial charge in [0.05, 0.1) is 11.8 Å². The highest BCUT2D eigenvalue weighted by Crippen LogP contribution is 2.27. The Labute approximate surface area is 116 Å².